The summed E-state index contributed by atoms with van der Waals surface area (Å²) in [7, 11) is 1.63. The molecule has 0 spiro atoms. The number of nitrogens with zero attached hydrogens (tertiary/aromatic N) is 2. The number of hydrogen-bond acceptors (Lipinski definition) is 7. The molecule has 1 fully saturated rings. The first-order valence-electron chi connectivity index (χ1n) is 13.0. The van der Waals surface area contributed by atoms with Gasteiger partial charge in [0.05, 0.1) is 12.6 Å². The summed E-state index contributed by atoms with van der Waals surface area (Å²) in [5.74, 6) is 1.84. The van der Waals surface area contributed by atoms with Crippen LogP contribution >= 0.6 is 15.9 Å². The number of aromatic nitrogens is 2. The third-order valence-corrected chi connectivity index (χ3v) is 7.35. The second kappa shape index (κ2) is 13.4. The number of para-hydroxylation sites is 1. The smallest absolute Gasteiger partial charge is 0.497 e. The maximum atomic E-state index is 12.8. The summed E-state index contributed by atoms with van der Waals surface area (Å²) in [6.07, 6.45) is -1.25. The Morgan fingerprint density at radius 2 is 1.63 bits per heavy atom. The summed E-state index contributed by atoms with van der Waals surface area (Å²) in [6.45, 7) is 0.287. The number of anilines is 3. The topological polar surface area (TPSA) is 80.3 Å². The van der Waals surface area contributed by atoms with Gasteiger partial charge in [-0.3, -0.25) is 0 Å². The van der Waals surface area contributed by atoms with Crippen molar-refractivity contribution in [3.63, 3.8) is 0 Å². The van der Waals surface area contributed by atoms with E-state index in [4.69, 9.17) is 14.7 Å². The molecule has 4 aromatic rings. The molecule has 11 heteroatoms. The molecule has 3 N–H and O–H groups in total. The van der Waals surface area contributed by atoms with E-state index in [0.717, 1.165) is 48.0 Å². The quantitative estimate of drug-likeness (QED) is 0.172. The first kappa shape index (κ1) is 30.4. The number of alkyl halides is 3. The Bertz CT molecular complexity index is 1440. The van der Waals surface area contributed by atoms with Crippen LogP contribution in [-0.2, 0) is 6.54 Å². The molecule has 1 heterocycles. The fourth-order valence-corrected chi connectivity index (χ4v) is 5.16. The molecule has 0 aliphatic heterocycles. The van der Waals surface area contributed by atoms with Gasteiger partial charge in [0.2, 0.25) is 5.95 Å². The lowest BCUT2D eigenvalue weighted by Crippen LogP contribution is -2.37. The van der Waals surface area contributed by atoms with Gasteiger partial charge in [0.15, 0.2) is 0 Å². The van der Waals surface area contributed by atoms with Crippen LogP contribution < -0.4 is 25.4 Å². The van der Waals surface area contributed by atoms with E-state index in [9.17, 15) is 13.2 Å². The monoisotopic (exact) mass is 631 g/mol. The minimum atomic E-state index is -4.74. The minimum absolute atomic E-state index is 0. The molecule has 0 amide bonds. The number of ether oxygens (including phenoxy) is 2. The average molecular weight is 633 g/mol. The molecule has 0 radical (unpaired) electrons. The molecule has 0 atom stereocenters. The van der Waals surface area contributed by atoms with Crippen LogP contribution in [0.1, 0.15) is 38.7 Å². The molecule has 7 nitrogen and oxygen atoms in total. The lowest BCUT2D eigenvalue weighted by atomic mass is 9.91. The fourth-order valence-electron chi connectivity index (χ4n) is 4.82. The van der Waals surface area contributed by atoms with Gasteiger partial charge in [-0.15, -0.1) is 13.2 Å². The number of hydrogen-bond donors (Lipinski definition) is 3. The first-order chi connectivity index (χ1) is 19.3. The largest absolute Gasteiger partial charge is 0.573 e. The van der Waals surface area contributed by atoms with E-state index in [0.29, 0.717) is 21.8 Å². The highest BCUT2D eigenvalue weighted by Gasteiger charge is 2.32. The Balaban J connectivity index is 0.00000387. The van der Waals surface area contributed by atoms with Crippen LogP contribution in [0.25, 0.3) is 10.9 Å². The third-order valence-electron chi connectivity index (χ3n) is 6.85. The average Bonchev–Trinajstić information content (AvgIpc) is 2.93. The number of benzene rings is 3. The van der Waals surface area contributed by atoms with Crippen LogP contribution in [0.15, 0.2) is 71.2 Å². The summed E-state index contributed by atoms with van der Waals surface area (Å²) < 4.78 is 48.5. The Morgan fingerprint density at radius 1 is 0.927 bits per heavy atom. The second-order valence-electron chi connectivity index (χ2n) is 9.64. The highest BCUT2D eigenvalue weighted by Crippen LogP contribution is 2.31. The van der Waals surface area contributed by atoms with Gasteiger partial charge in [-0.1, -0.05) is 41.6 Å². The highest BCUT2D eigenvalue weighted by atomic mass is 79.9. The van der Waals surface area contributed by atoms with E-state index >= 15 is 0 Å². The van der Waals surface area contributed by atoms with Crippen molar-refractivity contribution in [2.45, 2.75) is 58.1 Å². The van der Waals surface area contributed by atoms with Gasteiger partial charge in [0.1, 0.15) is 17.3 Å². The van der Waals surface area contributed by atoms with Crippen molar-refractivity contribution in [2.24, 2.45) is 0 Å². The fraction of sp³-hybridized carbons (Fsp3) is 0.333. The maximum absolute atomic E-state index is 12.8. The van der Waals surface area contributed by atoms with Gasteiger partial charge < -0.3 is 25.4 Å². The van der Waals surface area contributed by atoms with Crippen LogP contribution in [0.5, 0.6) is 11.5 Å². The number of nitrogens with one attached hydrogen (secondary N) is 3. The zero-order valence-corrected chi connectivity index (χ0v) is 23.3. The van der Waals surface area contributed by atoms with Crippen molar-refractivity contribution in [1.29, 1.82) is 0 Å². The molecule has 1 aliphatic carbocycles. The van der Waals surface area contributed by atoms with Crippen molar-refractivity contribution < 1.29 is 22.6 Å². The summed E-state index contributed by atoms with van der Waals surface area (Å²) in [6, 6.07) is 20.6. The van der Waals surface area contributed by atoms with Gasteiger partial charge in [0.25, 0.3) is 0 Å². The summed E-state index contributed by atoms with van der Waals surface area (Å²) in [5, 5.41) is 11.2. The van der Waals surface area contributed by atoms with Crippen molar-refractivity contribution >= 4 is 44.3 Å². The van der Waals surface area contributed by atoms with Gasteiger partial charge in [-0.25, -0.2) is 4.98 Å². The van der Waals surface area contributed by atoms with Crippen molar-refractivity contribution in [1.82, 2.24) is 15.3 Å². The Kier molecular flexibility index (Phi) is 9.93. The standard InChI is InChI=1S/C29H29BrF3N5O2.CH4/c1-39-23-14-12-21(13-15-23)35-27-24-4-2-3-5-25(24)37-28(38-27)36-22-10-8-20(9-11-22)34-17-18-6-7-19(30)16-26(18)40-29(31,32)33;/h2-7,12-16,20,22,34H,8-11,17H2,1H3,(H2,35,36,37,38);1H4. The van der Waals surface area contributed by atoms with E-state index in [1.807, 2.05) is 48.5 Å². The third kappa shape index (κ3) is 8.23. The minimum Gasteiger partial charge on any atom is -0.497 e. The molecular formula is C30H33BrF3N5O2. The predicted molar refractivity (Wildman–Crippen MR) is 160 cm³/mol. The molecule has 0 saturated heterocycles. The van der Waals surface area contributed by atoms with Crippen molar-refractivity contribution in [3.05, 3.63) is 76.8 Å². The van der Waals surface area contributed by atoms with Crippen molar-refractivity contribution in [2.75, 3.05) is 17.7 Å². The van der Waals surface area contributed by atoms with Crippen LogP contribution in [0, 0.1) is 0 Å². The molecule has 41 heavy (non-hydrogen) atoms. The van der Waals surface area contributed by atoms with Gasteiger partial charge >= 0.3 is 6.36 Å². The second-order valence-corrected chi connectivity index (χ2v) is 10.6. The molecule has 1 aromatic heterocycles. The lowest BCUT2D eigenvalue weighted by Gasteiger charge is -2.30. The van der Waals surface area contributed by atoms with Gasteiger partial charge in [0, 0.05) is 39.7 Å². The van der Waals surface area contributed by atoms with E-state index in [2.05, 4.69) is 36.6 Å². The van der Waals surface area contributed by atoms with E-state index < -0.39 is 6.36 Å². The molecule has 0 bridgehead atoms. The molecular weight excluding hydrogens is 599 g/mol. The Hall–Kier alpha value is -3.57. The summed E-state index contributed by atoms with van der Waals surface area (Å²) >= 11 is 3.21. The normalized spacial score (nSPS) is 17.0. The maximum Gasteiger partial charge on any atom is 0.573 e. The zero-order chi connectivity index (χ0) is 28.1. The van der Waals surface area contributed by atoms with E-state index in [-0.39, 0.29) is 31.8 Å². The summed E-state index contributed by atoms with van der Waals surface area (Å²) in [5.41, 5.74) is 2.18. The zero-order valence-electron chi connectivity index (χ0n) is 21.8. The number of rotatable bonds is 9. The van der Waals surface area contributed by atoms with Gasteiger partial charge in [-0.05, 0) is 74.2 Å². The van der Waals surface area contributed by atoms with Crippen LogP contribution in [0.2, 0.25) is 0 Å². The molecule has 218 valence electrons. The molecule has 5 rings (SSSR count). The molecule has 1 saturated carbocycles. The Morgan fingerprint density at radius 3 is 2.34 bits per heavy atom. The van der Waals surface area contributed by atoms with Crippen molar-refractivity contribution in [3.8, 4) is 11.5 Å². The number of methoxy groups -OCH3 is 1. The van der Waals surface area contributed by atoms with E-state index in [1.54, 1.807) is 19.2 Å². The van der Waals surface area contributed by atoms with Crippen LogP contribution in [0.3, 0.4) is 0 Å². The first-order valence-corrected chi connectivity index (χ1v) is 13.8. The number of fused-ring (bicyclic) bond motifs is 1. The number of halogens is 4. The summed E-state index contributed by atoms with van der Waals surface area (Å²) in [4.78, 5) is 9.52. The lowest BCUT2D eigenvalue weighted by molar-refractivity contribution is -0.274. The molecule has 3 aromatic carbocycles. The molecule has 0 unspecified atom stereocenters. The SMILES string of the molecule is C.COc1ccc(Nc2nc(NC3CCC(NCc4ccc(Br)cc4OC(F)(F)F)CC3)nc3ccccc23)cc1. The highest BCUT2D eigenvalue weighted by molar-refractivity contribution is 9.10. The predicted octanol–water partition coefficient (Wildman–Crippen LogP) is 8.19. The van der Waals surface area contributed by atoms with Gasteiger partial charge in [-0.2, -0.15) is 4.98 Å². The van der Waals surface area contributed by atoms with E-state index in [1.165, 1.54) is 6.07 Å². The van der Waals surface area contributed by atoms with Crippen LogP contribution in [-0.4, -0.2) is 35.5 Å². The Labute approximate surface area is 246 Å². The molecule has 1 aliphatic rings. The van der Waals surface area contributed by atoms with Crippen LogP contribution in [0.4, 0.5) is 30.6 Å².